The number of ether oxygens (including phenoxy) is 1. The topological polar surface area (TPSA) is 56.2 Å². The van der Waals surface area contributed by atoms with E-state index in [9.17, 15) is 4.79 Å². The van der Waals surface area contributed by atoms with Crippen molar-refractivity contribution in [3.63, 3.8) is 0 Å². The van der Waals surface area contributed by atoms with E-state index in [1.54, 1.807) is 0 Å². The fourth-order valence-corrected chi connectivity index (χ4v) is 3.93. The van der Waals surface area contributed by atoms with Crippen LogP contribution in [0.15, 0.2) is 78.9 Å². The molecule has 0 aliphatic rings. The van der Waals surface area contributed by atoms with Crippen LogP contribution in [0.4, 0.5) is 0 Å². The van der Waals surface area contributed by atoms with Crippen molar-refractivity contribution >= 4 is 16.9 Å². The van der Waals surface area contributed by atoms with E-state index in [2.05, 4.69) is 16.0 Å². The third kappa shape index (κ3) is 5.17. The van der Waals surface area contributed by atoms with Gasteiger partial charge in [-0.15, -0.1) is 0 Å². The maximum atomic E-state index is 12.7. The average Bonchev–Trinajstić information content (AvgIpc) is 3.18. The predicted octanol–water partition coefficient (Wildman–Crippen LogP) is 5.23. The summed E-state index contributed by atoms with van der Waals surface area (Å²) in [5.74, 6) is 1.74. The highest BCUT2D eigenvalue weighted by Gasteiger charge is 2.18. The lowest BCUT2D eigenvalue weighted by atomic mass is 10.1. The van der Waals surface area contributed by atoms with Gasteiger partial charge in [-0.3, -0.25) is 4.79 Å². The van der Waals surface area contributed by atoms with Gasteiger partial charge in [0.1, 0.15) is 11.6 Å². The number of aryl methyl sites for hydroxylation is 2. The number of hydrogen-bond acceptors (Lipinski definition) is 3. The quantitative estimate of drug-likeness (QED) is 0.372. The molecule has 0 spiro atoms. The third-order valence-corrected chi connectivity index (χ3v) is 5.60. The Morgan fingerprint density at radius 2 is 1.72 bits per heavy atom. The van der Waals surface area contributed by atoms with Crippen molar-refractivity contribution in [2.45, 2.75) is 39.3 Å². The summed E-state index contributed by atoms with van der Waals surface area (Å²) in [5, 5.41) is 3.14. The van der Waals surface area contributed by atoms with E-state index < -0.39 is 0 Å². The Morgan fingerprint density at radius 1 is 1.00 bits per heavy atom. The number of carbonyl (C=O) groups is 1. The number of amides is 1. The van der Waals surface area contributed by atoms with Gasteiger partial charge in [0.25, 0.3) is 0 Å². The van der Waals surface area contributed by atoms with Crippen LogP contribution in [0.2, 0.25) is 0 Å². The minimum atomic E-state index is -0.200. The van der Waals surface area contributed by atoms with Crippen LogP contribution in [0.3, 0.4) is 0 Å². The fourth-order valence-electron chi connectivity index (χ4n) is 3.93. The summed E-state index contributed by atoms with van der Waals surface area (Å²) in [6.07, 6.45) is 1.20. The zero-order chi connectivity index (χ0) is 22.3. The maximum absolute atomic E-state index is 12.7. The molecule has 0 fully saturated rings. The molecule has 4 aromatic rings. The molecule has 4 rings (SSSR count). The van der Waals surface area contributed by atoms with Crippen LogP contribution in [0.1, 0.15) is 36.3 Å². The molecule has 5 heteroatoms. The minimum absolute atomic E-state index is 0.00202. The van der Waals surface area contributed by atoms with E-state index in [1.165, 1.54) is 0 Å². The molecule has 1 N–H and O–H groups in total. The Bertz CT molecular complexity index is 1180. The predicted molar refractivity (Wildman–Crippen MR) is 128 cm³/mol. The lowest BCUT2D eigenvalue weighted by Crippen LogP contribution is -2.30. The van der Waals surface area contributed by atoms with Crippen LogP contribution in [0.25, 0.3) is 11.0 Å². The van der Waals surface area contributed by atoms with E-state index in [4.69, 9.17) is 9.72 Å². The zero-order valence-corrected chi connectivity index (χ0v) is 18.6. The Labute approximate surface area is 189 Å². The van der Waals surface area contributed by atoms with Crippen molar-refractivity contribution in [2.75, 3.05) is 6.61 Å². The first-order valence-corrected chi connectivity index (χ1v) is 11.1. The second-order valence-corrected chi connectivity index (χ2v) is 8.02. The second-order valence-electron chi connectivity index (χ2n) is 8.02. The molecule has 5 nitrogen and oxygen atoms in total. The number of hydrogen-bond donors (Lipinski definition) is 1. The van der Waals surface area contributed by atoms with E-state index in [-0.39, 0.29) is 11.9 Å². The van der Waals surface area contributed by atoms with Crippen molar-refractivity contribution in [1.82, 2.24) is 14.9 Å². The monoisotopic (exact) mass is 427 g/mol. The molecule has 1 aromatic heterocycles. The first-order chi connectivity index (χ1) is 15.6. The van der Waals surface area contributed by atoms with Crippen molar-refractivity contribution < 1.29 is 9.53 Å². The van der Waals surface area contributed by atoms with Crippen LogP contribution in [0.5, 0.6) is 5.75 Å². The van der Waals surface area contributed by atoms with Crippen molar-refractivity contribution in [2.24, 2.45) is 0 Å². The molecule has 1 unspecified atom stereocenters. The van der Waals surface area contributed by atoms with Gasteiger partial charge in [-0.1, -0.05) is 54.6 Å². The zero-order valence-electron chi connectivity index (χ0n) is 18.6. The van der Waals surface area contributed by atoms with E-state index in [0.717, 1.165) is 46.7 Å². The summed E-state index contributed by atoms with van der Waals surface area (Å²) in [6, 6.07) is 25.7. The fraction of sp³-hybridized carbons (Fsp3) is 0.259. The van der Waals surface area contributed by atoms with Gasteiger partial charge in [0, 0.05) is 6.54 Å². The highest BCUT2D eigenvalue weighted by Crippen LogP contribution is 2.22. The molecule has 0 saturated heterocycles. The molecule has 0 saturated carbocycles. The number of benzene rings is 3. The van der Waals surface area contributed by atoms with Gasteiger partial charge in [0.15, 0.2) is 0 Å². The number of imidazole rings is 1. The molecule has 0 radical (unpaired) electrons. The molecular formula is C27H29N3O2. The van der Waals surface area contributed by atoms with E-state index in [0.29, 0.717) is 13.0 Å². The lowest BCUT2D eigenvalue weighted by Gasteiger charge is -2.17. The normalized spacial score (nSPS) is 11.9. The first kappa shape index (κ1) is 21.6. The lowest BCUT2D eigenvalue weighted by molar-refractivity contribution is -0.121. The Hall–Kier alpha value is -3.60. The maximum Gasteiger partial charge on any atom is 0.225 e. The number of para-hydroxylation sites is 3. The van der Waals surface area contributed by atoms with Crippen LogP contribution in [-0.2, 0) is 17.8 Å². The van der Waals surface area contributed by atoms with Crippen molar-refractivity contribution in [3.05, 3.63) is 95.8 Å². The molecule has 1 atom stereocenters. The smallest absolute Gasteiger partial charge is 0.225 e. The first-order valence-electron chi connectivity index (χ1n) is 11.1. The molecule has 0 aliphatic carbocycles. The number of carbonyl (C=O) groups excluding carboxylic acids is 1. The summed E-state index contributed by atoms with van der Waals surface area (Å²) in [7, 11) is 0. The van der Waals surface area contributed by atoms with Crippen LogP contribution < -0.4 is 10.1 Å². The number of nitrogens with zero attached hydrogens (tertiary/aromatic N) is 2. The van der Waals surface area contributed by atoms with Crippen LogP contribution in [-0.4, -0.2) is 22.1 Å². The number of aromatic nitrogens is 2. The Kier molecular flexibility index (Phi) is 6.85. The summed E-state index contributed by atoms with van der Waals surface area (Å²) in [4.78, 5) is 17.6. The summed E-state index contributed by atoms with van der Waals surface area (Å²) in [5.41, 5.74) is 4.18. The Morgan fingerprint density at radius 3 is 2.53 bits per heavy atom. The van der Waals surface area contributed by atoms with Gasteiger partial charge in [-0.2, -0.15) is 0 Å². The van der Waals surface area contributed by atoms with Gasteiger partial charge in [-0.05, 0) is 55.7 Å². The molecule has 0 aliphatic heterocycles. The van der Waals surface area contributed by atoms with Crippen LogP contribution >= 0.6 is 0 Å². The van der Waals surface area contributed by atoms with Crippen LogP contribution in [0, 0.1) is 6.92 Å². The van der Waals surface area contributed by atoms with Gasteiger partial charge in [-0.25, -0.2) is 4.98 Å². The summed E-state index contributed by atoms with van der Waals surface area (Å²) >= 11 is 0. The highest BCUT2D eigenvalue weighted by molar-refractivity contribution is 5.80. The van der Waals surface area contributed by atoms with Gasteiger partial charge in [0.2, 0.25) is 5.91 Å². The minimum Gasteiger partial charge on any atom is -0.494 e. The molecule has 0 bridgehead atoms. The van der Waals surface area contributed by atoms with Gasteiger partial charge >= 0.3 is 0 Å². The Balaban J connectivity index is 1.45. The molecule has 1 heterocycles. The molecule has 1 amide bonds. The molecule has 3 aromatic carbocycles. The molecular weight excluding hydrogens is 398 g/mol. The number of fused-ring (bicyclic) bond motifs is 1. The molecule has 164 valence electrons. The number of rotatable bonds is 9. The van der Waals surface area contributed by atoms with Gasteiger partial charge in [0.05, 0.1) is 30.1 Å². The van der Waals surface area contributed by atoms with Gasteiger partial charge < -0.3 is 14.6 Å². The SMILES string of the molecule is Cc1ccccc1CC(=O)NC(C)c1nc2ccccc2n1CCCOc1ccccc1. The third-order valence-electron chi connectivity index (χ3n) is 5.60. The second kappa shape index (κ2) is 10.1. The van der Waals surface area contributed by atoms with E-state index >= 15 is 0 Å². The van der Waals surface area contributed by atoms with E-state index in [1.807, 2.05) is 86.6 Å². The largest absolute Gasteiger partial charge is 0.494 e. The van der Waals surface area contributed by atoms with Crippen molar-refractivity contribution in [3.8, 4) is 5.75 Å². The number of nitrogens with one attached hydrogen (secondary N) is 1. The summed E-state index contributed by atoms with van der Waals surface area (Å²) in [6.45, 7) is 5.40. The average molecular weight is 428 g/mol. The standard InChI is InChI=1S/C27H29N3O2/c1-20-11-6-7-12-22(20)19-26(31)28-21(2)27-29-24-15-8-9-16-25(24)30(27)17-10-18-32-23-13-4-3-5-14-23/h3-9,11-16,21H,10,17-19H2,1-2H3,(H,28,31). The van der Waals surface area contributed by atoms with Crippen molar-refractivity contribution in [1.29, 1.82) is 0 Å². The summed E-state index contributed by atoms with van der Waals surface area (Å²) < 4.78 is 8.05. The molecule has 32 heavy (non-hydrogen) atoms. The highest BCUT2D eigenvalue weighted by atomic mass is 16.5.